The van der Waals surface area contributed by atoms with Crippen LogP contribution in [0.25, 0.3) is 0 Å². The third kappa shape index (κ3) is 3.01. The molecule has 0 aromatic carbocycles. The highest BCUT2D eigenvalue weighted by atomic mass is 79.9. The molecule has 0 atom stereocenters. The number of pyridine rings is 1. The fourth-order valence-electron chi connectivity index (χ4n) is 1.21. The van der Waals surface area contributed by atoms with Gasteiger partial charge in [0.15, 0.2) is 0 Å². The van der Waals surface area contributed by atoms with E-state index in [1.54, 1.807) is 6.20 Å². The molecule has 1 rings (SSSR count). The van der Waals surface area contributed by atoms with E-state index >= 15 is 0 Å². The summed E-state index contributed by atoms with van der Waals surface area (Å²) in [4.78, 5) is 15.0. The molecule has 0 unspecified atom stereocenters. The van der Waals surface area contributed by atoms with E-state index < -0.39 is 5.91 Å². The average molecular weight is 336 g/mol. The molecule has 0 saturated carbocycles. The van der Waals surface area contributed by atoms with Gasteiger partial charge in [-0.3, -0.25) is 4.79 Å². The van der Waals surface area contributed by atoms with Gasteiger partial charge in [-0.05, 0) is 50.3 Å². The van der Waals surface area contributed by atoms with Crippen LogP contribution in [0.15, 0.2) is 15.1 Å². The van der Waals surface area contributed by atoms with Gasteiger partial charge in [-0.25, -0.2) is 4.98 Å². The standard InChI is InChI=1S/C10H12Br2N2O/c1-2-3-4-6-5-14-9(10(13)15)8(12)7(6)11/h5H,2-4H2,1H3,(H2,13,15). The van der Waals surface area contributed by atoms with Crippen molar-refractivity contribution in [3.05, 3.63) is 26.4 Å². The molecule has 5 heteroatoms. The van der Waals surface area contributed by atoms with E-state index in [9.17, 15) is 4.79 Å². The lowest BCUT2D eigenvalue weighted by molar-refractivity contribution is 0.0994. The minimum Gasteiger partial charge on any atom is -0.364 e. The Morgan fingerprint density at radius 2 is 2.13 bits per heavy atom. The Balaban J connectivity index is 3.04. The molecule has 3 nitrogen and oxygen atoms in total. The summed E-state index contributed by atoms with van der Waals surface area (Å²) in [5, 5.41) is 0. The monoisotopic (exact) mass is 334 g/mol. The molecule has 0 saturated heterocycles. The number of halogens is 2. The number of carbonyl (C=O) groups is 1. The van der Waals surface area contributed by atoms with Gasteiger partial charge >= 0.3 is 0 Å². The number of rotatable bonds is 4. The molecule has 0 aliphatic heterocycles. The molecule has 0 spiro atoms. The Morgan fingerprint density at radius 3 is 2.67 bits per heavy atom. The number of nitrogens with zero attached hydrogens (tertiary/aromatic N) is 1. The van der Waals surface area contributed by atoms with Crippen molar-refractivity contribution < 1.29 is 4.79 Å². The van der Waals surface area contributed by atoms with E-state index in [0.29, 0.717) is 4.47 Å². The maximum Gasteiger partial charge on any atom is 0.268 e. The summed E-state index contributed by atoms with van der Waals surface area (Å²) in [7, 11) is 0. The largest absolute Gasteiger partial charge is 0.364 e. The molecule has 1 heterocycles. The molecule has 2 N–H and O–H groups in total. The number of amides is 1. The number of nitrogens with two attached hydrogens (primary N) is 1. The minimum atomic E-state index is -0.524. The van der Waals surface area contributed by atoms with Gasteiger partial charge in [0.1, 0.15) is 5.69 Å². The lowest BCUT2D eigenvalue weighted by Crippen LogP contribution is -2.14. The highest BCUT2D eigenvalue weighted by molar-refractivity contribution is 9.13. The van der Waals surface area contributed by atoms with E-state index in [1.165, 1.54) is 0 Å². The number of primary amides is 1. The molecule has 0 fully saturated rings. The van der Waals surface area contributed by atoms with Crippen LogP contribution in [0.2, 0.25) is 0 Å². The van der Waals surface area contributed by atoms with Crippen LogP contribution in [0.4, 0.5) is 0 Å². The van der Waals surface area contributed by atoms with Crippen LogP contribution >= 0.6 is 31.9 Å². The van der Waals surface area contributed by atoms with Gasteiger partial charge in [-0.2, -0.15) is 0 Å². The maximum atomic E-state index is 11.0. The van der Waals surface area contributed by atoms with Gasteiger partial charge in [0.25, 0.3) is 5.91 Å². The highest BCUT2D eigenvalue weighted by Gasteiger charge is 2.13. The third-order valence-corrected chi connectivity index (χ3v) is 4.28. The number of unbranched alkanes of at least 4 members (excludes halogenated alkanes) is 1. The average Bonchev–Trinajstić information content (AvgIpc) is 2.20. The van der Waals surface area contributed by atoms with Gasteiger partial charge < -0.3 is 5.73 Å². The van der Waals surface area contributed by atoms with Crippen LogP contribution in [-0.4, -0.2) is 10.9 Å². The summed E-state index contributed by atoms with van der Waals surface area (Å²) >= 11 is 6.75. The molecule has 0 radical (unpaired) electrons. The molecule has 0 aliphatic rings. The fourth-order valence-corrected chi connectivity index (χ4v) is 2.25. The van der Waals surface area contributed by atoms with Gasteiger partial charge in [-0.1, -0.05) is 13.3 Å². The van der Waals surface area contributed by atoms with Gasteiger partial charge in [-0.15, -0.1) is 0 Å². The van der Waals surface area contributed by atoms with Crippen molar-refractivity contribution in [1.82, 2.24) is 4.98 Å². The normalized spacial score (nSPS) is 10.3. The van der Waals surface area contributed by atoms with Crippen LogP contribution in [0.1, 0.15) is 35.8 Å². The second kappa shape index (κ2) is 5.61. The van der Waals surface area contributed by atoms with E-state index in [-0.39, 0.29) is 5.69 Å². The summed E-state index contributed by atoms with van der Waals surface area (Å²) in [6.45, 7) is 2.13. The van der Waals surface area contributed by atoms with Crippen molar-refractivity contribution in [2.45, 2.75) is 26.2 Å². The number of aryl methyl sites for hydroxylation is 1. The minimum absolute atomic E-state index is 0.266. The smallest absolute Gasteiger partial charge is 0.268 e. The van der Waals surface area contributed by atoms with Crippen molar-refractivity contribution in [2.75, 3.05) is 0 Å². The first-order chi connectivity index (χ1) is 7.07. The van der Waals surface area contributed by atoms with E-state index in [0.717, 1.165) is 29.3 Å². The highest BCUT2D eigenvalue weighted by Crippen LogP contribution is 2.29. The Kier molecular flexibility index (Phi) is 4.73. The van der Waals surface area contributed by atoms with E-state index in [4.69, 9.17) is 5.73 Å². The molecule has 1 aromatic rings. The van der Waals surface area contributed by atoms with Crippen molar-refractivity contribution in [3.63, 3.8) is 0 Å². The number of hydrogen-bond donors (Lipinski definition) is 1. The zero-order valence-electron chi connectivity index (χ0n) is 8.39. The molecular formula is C10H12Br2N2O. The lowest BCUT2D eigenvalue weighted by atomic mass is 10.1. The van der Waals surface area contributed by atoms with Crippen LogP contribution < -0.4 is 5.73 Å². The predicted octanol–water partition coefficient (Wildman–Crippen LogP) is 3.05. The Labute approximate surface area is 106 Å². The SMILES string of the molecule is CCCCc1cnc(C(N)=O)c(Br)c1Br. The quantitative estimate of drug-likeness (QED) is 0.919. The predicted molar refractivity (Wildman–Crippen MR) is 66.8 cm³/mol. The molecule has 82 valence electrons. The molecule has 1 amide bonds. The molecule has 15 heavy (non-hydrogen) atoms. The molecular weight excluding hydrogens is 324 g/mol. The summed E-state index contributed by atoms with van der Waals surface area (Å²) in [5.74, 6) is -0.524. The molecule has 0 aliphatic carbocycles. The zero-order chi connectivity index (χ0) is 11.4. The number of hydrogen-bond acceptors (Lipinski definition) is 2. The first-order valence-electron chi connectivity index (χ1n) is 4.70. The summed E-state index contributed by atoms with van der Waals surface area (Å²) < 4.78 is 1.52. The molecule has 0 bridgehead atoms. The van der Waals surface area contributed by atoms with E-state index in [1.807, 2.05) is 0 Å². The second-order valence-electron chi connectivity index (χ2n) is 3.23. The van der Waals surface area contributed by atoms with Crippen molar-refractivity contribution in [3.8, 4) is 0 Å². The van der Waals surface area contributed by atoms with Crippen molar-refractivity contribution in [1.29, 1.82) is 0 Å². The third-order valence-electron chi connectivity index (χ3n) is 2.07. The first kappa shape index (κ1) is 12.6. The summed E-state index contributed by atoms with van der Waals surface area (Å²) in [6, 6.07) is 0. The first-order valence-corrected chi connectivity index (χ1v) is 6.29. The maximum absolute atomic E-state index is 11.0. The van der Waals surface area contributed by atoms with Gasteiger partial charge in [0.2, 0.25) is 0 Å². The van der Waals surface area contributed by atoms with Crippen LogP contribution in [0.5, 0.6) is 0 Å². The topological polar surface area (TPSA) is 56.0 Å². The fraction of sp³-hybridized carbons (Fsp3) is 0.400. The van der Waals surface area contributed by atoms with Crippen molar-refractivity contribution >= 4 is 37.8 Å². The van der Waals surface area contributed by atoms with Gasteiger partial charge in [0.05, 0.1) is 4.47 Å². The van der Waals surface area contributed by atoms with Crippen LogP contribution in [0, 0.1) is 0 Å². The van der Waals surface area contributed by atoms with Crippen LogP contribution in [-0.2, 0) is 6.42 Å². The zero-order valence-corrected chi connectivity index (χ0v) is 11.6. The summed E-state index contributed by atoms with van der Waals surface area (Å²) in [6.07, 6.45) is 4.87. The van der Waals surface area contributed by atoms with Crippen LogP contribution in [0.3, 0.4) is 0 Å². The number of carbonyl (C=O) groups excluding carboxylic acids is 1. The lowest BCUT2D eigenvalue weighted by Gasteiger charge is -2.07. The van der Waals surface area contributed by atoms with Crippen molar-refractivity contribution in [2.24, 2.45) is 5.73 Å². The van der Waals surface area contributed by atoms with Gasteiger partial charge in [0, 0.05) is 10.7 Å². The van der Waals surface area contributed by atoms with E-state index in [2.05, 4.69) is 43.8 Å². The Bertz CT molecular complexity index is 380. The Morgan fingerprint density at radius 1 is 1.47 bits per heavy atom. The number of aromatic nitrogens is 1. The summed E-state index contributed by atoms with van der Waals surface area (Å²) in [5.41, 5.74) is 6.54. The molecule has 1 aromatic heterocycles. The second-order valence-corrected chi connectivity index (χ2v) is 4.81. The Hall–Kier alpha value is -0.420.